The summed E-state index contributed by atoms with van der Waals surface area (Å²) in [6.45, 7) is 8.91. The predicted molar refractivity (Wildman–Crippen MR) is 119 cm³/mol. The van der Waals surface area contributed by atoms with Crippen molar-refractivity contribution < 1.29 is 32.4 Å². The van der Waals surface area contributed by atoms with E-state index in [0.717, 1.165) is 0 Å². The average molecular weight is 496 g/mol. The molecule has 2 aliphatic heterocycles. The number of phosphoric acid groups is 1. The number of hydrogen-bond acceptors (Lipinski definition) is 9. The van der Waals surface area contributed by atoms with Crippen LogP contribution in [0.2, 0.25) is 0 Å². The summed E-state index contributed by atoms with van der Waals surface area (Å²) in [5.74, 6) is 1.82. The number of H-pyrrole nitrogens is 1. The van der Waals surface area contributed by atoms with Gasteiger partial charge in [0.1, 0.15) is 17.6 Å². The maximum Gasteiger partial charge on any atom is 0.476 e. The molecule has 1 aliphatic carbocycles. The number of terminal acetylenes is 1. The first kappa shape index (κ1) is 24.9. The maximum absolute atomic E-state index is 13.2. The minimum absolute atomic E-state index is 0.0121. The molecule has 3 heterocycles. The third-order valence-electron chi connectivity index (χ3n) is 6.64. The number of aromatic amines is 1. The molecule has 0 amide bonds. The lowest BCUT2D eigenvalue weighted by atomic mass is 9.81. The molecule has 0 bridgehead atoms. The Morgan fingerprint density at radius 3 is 2.62 bits per heavy atom. The number of aromatic nitrogens is 2. The standard InChI is InChI=1S/C22H29N2O9P/c1-7-21(6)19(24-10-8-15(25)23-20(24)27)31-16-17-22(16,21)33-34(28,32-17)29-11-9-14(12(2)3)18(26)30-13(4)5/h1,8,10,12-14,16-17,19H,9,11H2,2-6H3,(H,23,25,27)/t14?,16-,17?,19-,21+,22+,34-/m1/s1. The topological polar surface area (TPSA) is 135 Å². The summed E-state index contributed by atoms with van der Waals surface area (Å²) in [6.07, 6.45) is 4.77. The van der Waals surface area contributed by atoms with E-state index in [1.165, 1.54) is 16.8 Å². The molecule has 12 heteroatoms. The van der Waals surface area contributed by atoms with Gasteiger partial charge in [0.05, 0.1) is 18.6 Å². The van der Waals surface area contributed by atoms with E-state index in [4.69, 9.17) is 29.5 Å². The number of fused-ring (bicyclic) bond motifs is 1. The van der Waals surface area contributed by atoms with E-state index in [1.807, 2.05) is 13.8 Å². The van der Waals surface area contributed by atoms with Crippen LogP contribution < -0.4 is 11.2 Å². The minimum Gasteiger partial charge on any atom is -0.463 e. The first-order chi connectivity index (χ1) is 15.9. The number of nitrogens with one attached hydrogen (secondary N) is 1. The zero-order valence-electron chi connectivity index (χ0n) is 19.7. The van der Waals surface area contributed by atoms with Crippen molar-refractivity contribution in [2.75, 3.05) is 6.61 Å². The van der Waals surface area contributed by atoms with Gasteiger partial charge in [-0.05, 0) is 33.1 Å². The van der Waals surface area contributed by atoms with E-state index in [-0.39, 0.29) is 31.0 Å². The summed E-state index contributed by atoms with van der Waals surface area (Å²) in [7, 11) is -4.00. The Labute approximate surface area is 196 Å². The molecule has 7 atom stereocenters. The monoisotopic (exact) mass is 496 g/mol. The number of phosphoric ester groups is 1. The van der Waals surface area contributed by atoms with Crippen molar-refractivity contribution in [3.63, 3.8) is 0 Å². The van der Waals surface area contributed by atoms with Crippen molar-refractivity contribution in [3.05, 3.63) is 33.1 Å². The van der Waals surface area contributed by atoms with Gasteiger partial charge in [0.25, 0.3) is 5.56 Å². The van der Waals surface area contributed by atoms with Crippen molar-refractivity contribution in [3.8, 4) is 12.3 Å². The average Bonchev–Trinajstić information content (AvgIpc) is 3.05. The van der Waals surface area contributed by atoms with Gasteiger partial charge in [0.15, 0.2) is 11.8 Å². The highest BCUT2D eigenvalue weighted by Gasteiger charge is 2.90. The lowest BCUT2D eigenvalue weighted by Gasteiger charge is -2.32. The van der Waals surface area contributed by atoms with Gasteiger partial charge in [-0.2, -0.15) is 0 Å². The molecule has 34 heavy (non-hydrogen) atoms. The molecule has 1 N–H and O–H groups in total. The van der Waals surface area contributed by atoms with Gasteiger partial charge < -0.3 is 9.47 Å². The van der Waals surface area contributed by atoms with Crippen LogP contribution in [-0.4, -0.2) is 46.0 Å². The lowest BCUT2D eigenvalue weighted by Crippen LogP contribution is -2.44. The van der Waals surface area contributed by atoms with E-state index in [9.17, 15) is 18.9 Å². The zero-order chi connectivity index (χ0) is 25.1. The van der Waals surface area contributed by atoms with Crippen LogP contribution in [0.1, 0.15) is 47.3 Å². The number of carbonyl (C=O) groups excluding carboxylic acids is 1. The van der Waals surface area contributed by atoms with Gasteiger partial charge in [0, 0.05) is 12.3 Å². The van der Waals surface area contributed by atoms with Gasteiger partial charge in [-0.1, -0.05) is 19.8 Å². The summed E-state index contributed by atoms with van der Waals surface area (Å²) < 4.78 is 42.6. The highest BCUT2D eigenvalue weighted by molar-refractivity contribution is 7.48. The number of rotatable bonds is 8. The van der Waals surface area contributed by atoms with Gasteiger partial charge >= 0.3 is 19.5 Å². The summed E-state index contributed by atoms with van der Waals surface area (Å²) >= 11 is 0. The molecule has 3 fully saturated rings. The van der Waals surface area contributed by atoms with Crippen LogP contribution in [0.25, 0.3) is 0 Å². The summed E-state index contributed by atoms with van der Waals surface area (Å²) in [5, 5.41) is 0. The van der Waals surface area contributed by atoms with Crippen LogP contribution >= 0.6 is 7.82 Å². The molecule has 0 aromatic carbocycles. The maximum atomic E-state index is 13.2. The number of nitrogens with zero attached hydrogens (tertiary/aromatic N) is 1. The van der Waals surface area contributed by atoms with Crippen LogP contribution in [0.5, 0.6) is 0 Å². The molecule has 1 aromatic rings. The third-order valence-corrected chi connectivity index (χ3v) is 8.15. The van der Waals surface area contributed by atoms with Gasteiger partial charge in [-0.15, -0.1) is 6.42 Å². The molecule has 4 rings (SSSR count). The predicted octanol–water partition coefficient (Wildman–Crippen LogP) is 1.98. The number of esters is 1. The first-order valence-corrected chi connectivity index (χ1v) is 12.6. The van der Waals surface area contributed by atoms with Gasteiger partial charge in [-0.3, -0.25) is 32.7 Å². The molecule has 2 saturated heterocycles. The Morgan fingerprint density at radius 1 is 1.32 bits per heavy atom. The second-order valence-corrected chi connectivity index (χ2v) is 11.1. The minimum atomic E-state index is -4.00. The van der Waals surface area contributed by atoms with Crippen LogP contribution in [-0.2, 0) is 32.4 Å². The molecule has 1 aromatic heterocycles. The number of ether oxygens (including phenoxy) is 2. The molecule has 1 spiro atoms. The Kier molecular flexibility index (Phi) is 6.20. The fourth-order valence-electron chi connectivity index (χ4n) is 4.75. The van der Waals surface area contributed by atoms with E-state index in [0.29, 0.717) is 0 Å². The second kappa shape index (κ2) is 8.47. The van der Waals surface area contributed by atoms with Crippen LogP contribution in [0.15, 0.2) is 21.9 Å². The zero-order valence-corrected chi connectivity index (χ0v) is 20.6. The first-order valence-electron chi connectivity index (χ1n) is 11.2. The Morgan fingerprint density at radius 2 is 2.03 bits per heavy atom. The molecule has 0 radical (unpaired) electrons. The molecule has 1 saturated carbocycles. The fraction of sp³-hybridized carbons (Fsp3) is 0.682. The largest absolute Gasteiger partial charge is 0.476 e. The number of carbonyl (C=O) groups is 1. The molecular weight excluding hydrogens is 467 g/mol. The van der Waals surface area contributed by atoms with E-state index in [1.54, 1.807) is 20.8 Å². The molecule has 2 unspecified atom stereocenters. The van der Waals surface area contributed by atoms with Crippen LogP contribution in [0.3, 0.4) is 0 Å². The Hall–Kier alpha value is -2.22. The fourth-order valence-corrected chi connectivity index (χ4v) is 6.54. The van der Waals surface area contributed by atoms with Crippen LogP contribution in [0, 0.1) is 29.6 Å². The SMILES string of the molecule is C#C[C@@]1(C)[C@H](n2ccc(=O)[nH]c2=O)O[C@@H]2C3O[P@@](=O)(OCCC(C(=O)OC(C)C)C(C)C)O[C@]321. The van der Waals surface area contributed by atoms with Crippen molar-refractivity contribution in [1.29, 1.82) is 0 Å². The molecule has 11 nitrogen and oxygen atoms in total. The smallest absolute Gasteiger partial charge is 0.463 e. The molecule has 186 valence electrons. The number of hydrogen-bond donors (Lipinski definition) is 1. The van der Waals surface area contributed by atoms with Gasteiger partial charge in [-0.25, -0.2) is 9.36 Å². The molecule has 3 aliphatic rings. The van der Waals surface area contributed by atoms with Crippen molar-refractivity contribution in [1.82, 2.24) is 9.55 Å². The van der Waals surface area contributed by atoms with Crippen molar-refractivity contribution in [2.45, 2.75) is 71.2 Å². The summed E-state index contributed by atoms with van der Waals surface area (Å²) in [5.41, 5.74) is -3.77. The quantitative estimate of drug-likeness (QED) is 0.326. The third kappa shape index (κ3) is 3.78. The second-order valence-electron chi connectivity index (χ2n) is 9.59. The van der Waals surface area contributed by atoms with Crippen molar-refractivity contribution >= 4 is 13.8 Å². The van der Waals surface area contributed by atoms with Gasteiger partial charge in [0.2, 0.25) is 0 Å². The van der Waals surface area contributed by atoms with Crippen LogP contribution in [0.4, 0.5) is 0 Å². The molecular formula is C22H29N2O9P. The summed E-state index contributed by atoms with van der Waals surface area (Å²) in [4.78, 5) is 38.3. The highest BCUT2D eigenvalue weighted by Crippen LogP contribution is 2.79. The Balaban J connectivity index is 1.47. The Bertz CT molecular complexity index is 1180. The normalized spacial score (nSPS) is 36.7. The van der Waals surface area contributed by atoms with Crippen molar-refractivity contribution in [2.24, 2.45) is 17.3 Å². The summed E-state index contributed by atoms with van der Waals surface area (Å²) in [6, 6.07) is 1.18. The van der Waals surface area contributed by atoms with E-state index < -0.39 is 54.4 Å². The highest BCUT2D eigenvalue weighted by atomic mass is 31.2. The lowest BCUT2D eigenvalue weighted by molar-refractivity contribution is -0.154. The van der Waals surface area contributed by atoms with E-state index in [2.05, 4.69) is 10.9 Å². The van der Waals surface area contributed by atoms with E-state index >= 15 is 0 Å².